The maximum atomic E-state index is 5.46. The first-order valence-electron chi connectivity index (χ1n) is 3.86. The van der Waals surface area contributed by atoms with E-state index in [1.54, 1.807) is 0 Å². The van der Waals surface area contributed by atoms with Gasteiger partial charge in [-0.25, -0.2) is 0 Å². The summed E-state index contributed by atoms with van der Waals surface area (Å²) in [5.41, 5.74) is 9.08. The summed E-state index contributed by atoms with van der Waals surface area (Å²) < 4.78 is 0. The highest BCUT2D eigenvalue weighted by atomic mass is 14.7. The van der Waals surface area contributed by atoms with Crippen LogP contribution in [0.25, 0.3) is 0 Å². The van der Waals surface area contributed by atoms with Crippen LogP contribution in [-0.2, 0) is 6.42 Å². The van der Waals surface area contributed by atoms with Crippen LogP contribution in [0.5, 0.6) is 0 Å². The van der Waals surface area contributed by atoms with E-state index in [0.717, 1.165) is 12.1 Å². The predicted molar refractivity (Wildman–Crippen MR) is 46.5 cm³/mol. The Morgan fingerprint density at radius 2 is 2.18 bits per heavy atom. The quantitative estimate of drug-likeness (QED) is 0.688. The van der Waals surface area contributed by atoms with Crippen molar-refractivity contribution in [2.75, 3.05) is 6.54 Å². The molecule has 1 rings (SSSR count). The molecular weight excluding hydrogens is 136 g/mol. The second-order valence-corrected chi connectivity index (χ2v) is 2.79. The molecule has 0 amide bonds. The molecule has 1 heterocycles. The van der Waals surface area contributed by atoms with Crippen LogP contribution in [0, 0.1) is 13.8 Å². The molecule has 2 nitrogen and oxygen atoms in total. The minimum atomic E-state index is 0.713. The van der Waals surface area contributed by atoms with Gasteiger partial charge in [-0.15, -0.1) is 0 Å². The standard InChI is InChI=1S/C9H14N2/c1-7-6-11-8(2)5-9(7)3-4-10/h5-6H,3-4,10H2,1-2H3. The van der Waals surface area contributed by atoms with Crippen LogP contribution in [0.1, 0.15) is 16.8 Å². The number of hydrogen-bond donors (Lipinski definition) is 1. The number of rotatable bonds is 2. The van der Waals surface area contributed by atoms with Gasteiger partial charge in [-0.1, -0.05) is 0 Å². The second-order valence-electron chi connectivity index (χ2n) is 2.79. The molecule has 0 unspecified atom stereocenters. The van der Waals surface area contributed by atoms with Gasteiger partial charge in [0.25, 0.3) is 0 Å². The fourth-order valence-electron chi connectivity index (χ4n) is 1.11. The molecule has 0 saturated heterocycles. The highest BCUT2D eigenvalue weighted by molar-refractivity contribution is 5.25. The third-order valence-corrected chi connectivity index (χ3v) is 1.77. The maximum absolute atomic E-state index is 5.46. The van der Waals surface area contributed by atoms with Crippen LogP contribution in [-0.4, -0.2) is 11.5 Å². The van der Waals surface area contributed by atoms with Crippen molar-refractivity contribution in [2.45, 2.75) is 20.3 Å². The first-order valence-corrected chi connectivity index (χ1v) is 3.86. The lowest BCUT2D eigenvalue weighted by Crippen LogP contribution is -2.04. The zero-order valence-corrected chi connectivity index (χ0v) is 7.09. The van der Waals surface area contributed by atoms with E-state index in [-0.39, 0.29) is 0 Å². The molecule has 0 aliphatic carbocycles. The zero-order valence-electron chi connectivity index (χ0n) is 7.09. The van der Waals surface area contributed by atoms with Gasteiger partial charge in [0.1, 0.15) is 0 Å². The van der Waals surface area contributed by atoms with E-state index in [0.29, 0.717) is 6.54 Å². The summed E-state index contributed by atoms with van der Waals surface area (Å²) in [4.78, 5) is 4.18. The summed E-state index contributed by atoms with van der Waals surface area (Å²) in [6, 6.07) is 2.10. The van der Waals surface area contributed by atoms with Crippen molar-refractivity contribution >= 4 is 0 Å². The maximum Gasteiger partial charge on any atom is 0.0375 e. The van der Waals surface area contributed by atoms with Gasteiger partial charge in [0.2, 0.25) is 0 Å². The van der Waals surface area contributed by atoms with Gasteiger partial charge in [-0.2, -0.15) is 0 Å². The monoisotopic (exact) mass is 150 g/mol. The molecule has 2 N–H and O–H groups in total. The molecule has 0 aliphatic rings. The molecule has 0 saturated carbocycles. The average molecular weight is 150 g/mol. The number of hydrogen-bond acceptors (Lipinski definition) is 2. The molecule has 2 heteroatoms. The number of nitrogens with two attached hydrogens (primary N) is 1. The van der Waals surface area contributed by atoms with Crippen molar-refractivity contribution in [1.82, 2.24) is 4.98 Å². The molecule has 0 fully saturated rings. The van der Waals surface area contributed by atoms with Crippen molar-refractivity contribution < 1.29 is 0 Å². The summed E-state index contributed by atoms with van der Waals surface area (Å²) in [6.45, 7) is 4.78. The molecule has 0 radical (unpaired) electrons. The molecule has 0 spiro atoms. The zero-order chi connectivity index (χ0) is 8.27. The minimum absolute atomic E-state index is 0.713. The van der Waals surface area contributed by atoms with E-state index in [1.807, 2.05) is 13.1 Å². The molecule has 0 atom stereocenters. The van der Waals surface area contributed by atoms with Crippen molar-refractivity contribution in [3.63, 3.8) is 0 Å². The van der Waals surface area contributed by atoms with Crippen molar-refractivity contribution in [3.8, 4) is 0 Å². The van der Waals surface area contributed by atoms with Crippen LogP contribution in [0.3, 0.4) is 0 Å². The average Bonchev–Trinajstić information content (AvgIpc) is 1.98. The fraction of sp³-hybridized carbons (Fsp3) is 0.444. The van der Waals surface area contributed by atoms with Gasteiger partial charge >= 0.3 is 0 Å². The molecular formula is C9H14N2. The Balaban J connectivity index is 2.93. The Labute approximate surface area is 67.5 Å². The number of nitrogens with zero attached hydrogens (tertiary/aromatic N) is 1. The van der Waals surface area contributed by atoms with Crippen LogP contribution >= 0.6 is 0 Å². The highest BCUT2D eigenvalue weighted by Crippen LogP contribution is 2.07. The number of aromatic nitrogens is 1. The summed E-state index contributed by atoms with van der Waals surface area (Å²) >= 11 is 0. The van der Waals surface area contributed by atoms with Crippen LogP contribution in [0.2, 0.25) is 0 Å². The summed E-state index contributed by atoms with van der Waals surface area (Å²) in [6.07, 6.45) is 2.86. The Hall–Kier alpha value is -0.890. The van der Waals surface area contributed by atoms with Crippen LogP contribution < -0.4 is 5.73 Å². The fourth-order valence-corrected chi connectivity index (χ4v) is 1.11. The predicted octanol–water partition coefficient (Wildman–Crippen LogP) is 1.20. The largest absolute Gasteiger partial charge is 0.330 e. The van der Waals surface area contributed by atoms with E-state index >= 15 is 0 Å². The van der Waals surface area contributed by atoms with Gasteiger partial charge in [0, 0.05) is 11.9 Å². The van der Waals surface area contributed by atoms with E-state index < -0.39 is 0 Å². The van der Waals surface area contributed by atoms with Crippen molar-refractivity contribution in [2.24, 2.45) is 5.73 Å². The minimum Gasteiger partial charge on any atom is -0.330 e. The molecule has 60 valence electrons. The summed E-state index contributed by atoms with van der Waals surface area (Å²) in [7, 11) is 0. The van der Waals surface area contributed by atoms with E-state index in [4.69, 9.17) is 5.73 Å². The van der Waals surface area contributed by atoms with Gasteiger partial charge < -0.3 is 5.73 Å². The molecule has 0 bridgehead atoms. The first-order chi connectivity index (χ1) is 5.24. The topological polar surface area (TPSA) is 38.9 Å². The summed E-state index contributed by atoms with van der Waals surface area (Å²) in [5, 5.41) is 0. The molecule has 0 aromatic carbocycles. The molecule has 11 heavy (non-hydrogen) atoms. The van der Waals surface area contributed by atoms with Gasteiger partial charge in [-0.05, 0) is 44.0 Å². The third-order valence-electron chi connectivity index (χ3n) is 1.77. The first kappa shape index (κ1) is 8.21. The SMILES string of the molecule is Cc1cc(CCN)c(C)cn1. The Kier molecular flexibility index (Phi) is 2.60. The third kappa shape index (κ3) is 2.02. The van der Waals surface area contributed by atoms with Crippen molar-refractivity contribution in [1.29, 1.82) is 0 Å². The molecule has 0 aliphatic heterocycles. The second kappa shape index (κ2) is 3.49. The Morgan fingerprint density at radius 1 is 1.45 bits per heavy atom. The van der Waals surface area contributed by atoms with Crippen LogP contribution in [0.4, 0.5) is 0 Å². The molecule has 1 aromatic heterocycles. The highest BCUT2D eigenvalue weighted by Gasteiger charge is 1.96. The normalized spacial score (nSPS) is 10.1. The Bertz CT molecular complexity index is 243. The lowest BCUT2D eigenvalue weighted by atomic mass is 10.1. The summed E-state index contributed by atoms with van der Waals surface area (Å²) in [5.74, 6) is 0. The lowest BCUT2D eigenvalue weighted by molar-refractivity contribution is 0.944. The van der Waals surface area contributed by atoms with Crippen LogP contribution in [0.15, 0.2) is 12.3 Å². The smallest absolute Gasteiger partial charge is 0.0375 e. The molecule has 1 aromatic rings. The van der Waals surface area contributed by atoms with E-state index in [1.165, 1.54) is 11.1 Å². The van der Waals surface area contributed by atoms with Gasteiger partial charge in [-0.3, -0.25) is 4.98 Å². The Morgan fingerprint density at radius 3 is 2.82 bits per heavy atom. The van der Waals surface area contributed by atoms with Gasteiger partial charge in [0.05, 0.1) is 0 Å². The number of pyridine rings is 1. The van der Waals surface area contributed by atoms with Gasteiger partial charge in [0.15, 0.2) is 0 Å². The van der Waals surface area contributed by atoms with Crippen molar-refractivity contribution in [3.05, 3.63) is 29.1 Å². The lowest BCUT2D eigenvalue weighted by Gasteiger charge is -2.03. The van der Waals surface area contributed by atoms with E-state index in [2.05, 4.69) is 18.0 Å². The number of aryl methyl sites for hydroxylation is 2. The van der Waals surface area contributed by atoms with E-state index in [9.17, 15) is 0 Å².